The molecule has 0 spiro atoms. The molecule has 4 heteroatoms. The van der Waals surface area contributed by atoms with E-state index in [-0.39, 0.29) is 24.2 Å². The van der Waals surface area contributed by atoms with Crippen LogP contribution < -0.4 is 0 Å². The van der Waals surface area contributed by atoms with E-state index in [1.165, 1.54) is 0 Å². The molecule has 0 bridgehead atoms. The van der Waals surface area contributed by atoms with Crippen molar-refractivity contribution in [1.29, 1.82) is 0 Å². The van der Waals surface area contributed by atoms with E-state index in [2.05, 4.69) is 6.92 Å². The third kappa shape index (κ3) is 2.33. The average molecular weight is 216 g/mol. The number of hydrogen-bond donors (Lipinski definition) is 2. The second kappa shape index (κ2) is 4.78. The predicted molar refractivity (Wildman–Crippen MR) is 54.2 cm³/mol. The first kappa shape index (κ1) is 11.3. The Morgan fingerprint density at radius 2 is 1.67 bits per heavy atom. The summed E-state index contributed by atoms with van der Waals surface area (Å²) in [5.41, 5.74) is 0. The van der Waals surface area contributed by atoms with Crippen LogP contribution in [0, 0.1) is 11.8 Å². The molecular formula is C11H20O4. The Morgan fingerprint density at radius 3 is 2.27 bits per heavy atom. The summed E-state index contributed by atoms with van der Waals surface area (Å²) in [6.45, 7) is 3.34. The molecule has 0 aromatic rings. The van der Waals surface area contributed by atoms with E-state index in [0.29, 0.717) is 26.1 Å². The van der Waals surface area contributed by atoms with Gasteiger partial charge in [0.25, 0.3) is 0 Å². The molecule has 1 aliphatic heterocycles. The Labute approximate surface area is 90.2 Å². The number of ether oxygens (including phenoxy) is 2. The van der Waals surface area contributed by atoms with Crippen LogP contribution in [0.2, 0.25) is 0 Å². The van der Waals surface area contributed by atoms with E-state index in [0.717, 1.165) is 6.42 Å². The molecule has 2 N–H and O–H groups in total. The monoisotopic (exact) mass is 216 g/mol. The normalized spacial score (nSPS) is 42.6. The largest absolute Gasteiger partial charge is 0.393 e. The van der Waals surface area contributed by atoms with Gasteiger partial charge in [0.15, 0.2) is 6.29 Å². The topological polar surface area (TPSA) is 58.9 Å². The van der Waals surface area contributed by atoms with Crippen molar-refractivity contribution in [2.45, 2.75) is 44.7 Å². The van der Waals surface area contributed by atoms with Crippen LogP contribution in [0.3, 0.4) is 0 Å². The number of hydrogen-bond acceptors (Lipinski definition) is 4. The standard InChI is InChI=1S/C11H20O4/c1-2-7-8(10(13)6-9(7)12)5-11-14-3-4-15-11/h7-13H,2-6H2,1H3/t7-,8-,9-,10+/m1/s1. The molecule has 1 heterocycles. The van der Waals surface area contributed by atoms with Gasteiger partial charge in [0, 0.05) is 6.42 Å². The molecule has 1 aliphatic carbocycles. The van der Waals surface area contributed by atoms with E-state index in [4.69, 9.17) is 9.47 Å². The van der Waals surface area contributed by atoms with Gasteiger partial charge in [0.1, 0.15) is 0 Å². The van der Waals surface area contributed by atoms with Crippen molar-refractivity contribution in [2.24, 2.45) is 11.8 Å². The summed E-state index contributed by atoms with van der Waals surface area (Å²) in [6, 6.07) is 0. The fourth-order valence-corrected chi connectivity index (χ4v) is 2.84. The summed E-state index contributed by atoms with van der Waals surface area (Å²) in [5.74, 6) is 0.306. The highest BCUT2D eigenvalue weighted by Gasteiger charge is 2.42. The summed E-state index contributed by atoms with van der Waals surface area (Å²) < 4.78 is 10.8. The van der Waals surface area contributed by atoms with Crippen LogP contribution in [-0.4, -0.2) is 41.9 Å². The zero-order valence-electron chi connectivity index (χ0n) is 9.13. The fourth-order valence-electron chi connectivity index (χ4n) is 2.84. The highest BCUT2D eigenvalue weighted by atomic mass is 16.7. The third-order valence-electron chi connectivity index (χ3n) is 3.65. The predicted octanol–water partition coefficient (Wildman–Crippen LogP) is 0.517. The van der Waals surface area contributed by atoms with Gasteiger partial charge in [0.2, 0.25) is 0 Å². The minimum Gasteiger partial charge on any atom is -0.393 e. The molecular weight excluding hydrogens is 196 g/mol. The maximum Gasteiger partial charge on any atom is 0.158 e. The van der Waals surface area contributed by atoms with Gasteiger partial charge < -0.3 is 19.7 Å². The lowest BCUT2D eigenvalue weighted by Crippen LogP contribution is -2.26. The average Bonchev–Trinajstić information content (AvgIpc) is 2.77. The highest BCUT2D eigenvalue weighted by molar-refractivity contribution is 4.90. The van der Waals surface area contributed by atoms with Crippen LogP contribution in [0.5, 0.6) is 0 Å². The van der Waals surface area contributed by atoms with Gasteiger partial charge in [-0.3, -0.25) is 0 Å². The zero-order valence-corrected chi connectivity index (χ0v) is 9.13. The van der Waals surface area contributed by atoms with E-state index >= 15 is 0 Å². The summed E-state index contributed by atoms with van der Waals surface area (Å²) in [5, 5.41) is 19.6. The second-order valence-electron chi connectivity index (χ2n) is 4.51. The lowest BCUT2D eigenvalue weighted by atomic mass is 9.88. The Hall–Kier alpha value is -0.160. The minimum absolute atomic E-state index is 0.119. The van der Waals surface area contributed by atoms with Crippen molar-refractivity contribution in [3.63, 3.8) is 0 Å². The van der Waals surface area contributed by atoms with E-state index in [1.807, 2.05) is 0 Å². The quantitative estimate of drug-likeness (QED) is 0.722. The highest BCUT2D eigenvalue weighted by Crippen LogP contribution is 2.38. The van der Waals surface area contributed by atoms with Crippen LogP contribution in [0.4, 0.5) is 0 Å². The van der Waals surface area contributed by atoms with Crippen molar-refractivity contribution < 1.29 is 19.7 Å². The van der Waals surface area contributed by atoms with E-state index in [1.54, 1.807) is 0 Å². The molecule has 0 aromatic heterocycles. The van der Waals surface area contributed by atoms with Crippen molar-refractivity contribution in [1.82, 2.24) is 0 Å². The van der Waals surface area contributed by atoms with Crippen LogP contribution in [0.25, 0.3) is 0 Å². The molecule has 0 aromatic carbocycles. The van der Waals surface area contributed by atoms with Gasteiger partial charge in [-0.05, 0) is 18.3 Å². The third-order valence-corrected chi connectivity index (χ3v) is 3.65. The van der Waals surface area contributed by atoms with Gasteiger partial charge in [-0.2, -0.15) is 0 Å². The van der Waals surface area contributed by atoms with Gasteiger partial charge in [0.05, 0.1) is 25.4 Å². The van der Waals surface area contributed by atoms with Crippen molar-refractivity contribution in [2.75, 3.05) is 13.2 Å². The maximum atomic E-state index is 9.85. The van der Waals surface area contributed by atoms with E-state index in [9.17, 15) is 10.2 Å². The minimum atomic E-state index is -0.405. The van der Waals surface area contributed by atoms with Crippen LogP contribution in [0.15, 0.2) is 0 Å². The summed E-state index contributed by atoms with van der Waals surface area (Å²) >= 11 is 0. The zero-order chi connectivity index (χ0) is 10.8. The molecule has 0 amide bonds. The molecule has 0 unspecified atom stereocenters. The molecule has 1 saturated heterocycles. The number of aliphatic hydroxyl groups is 2. The first-order valence-electron chi connectivity index (χ1n) is 5.81. The summed E-state index contributed by atoms with van der Waals surface area (Å²) in [7, 11) is 0. The molecule has 2 fully saturated rings. The van der Waals surface area contributed by atoms with Crippen molar-refractivity contribution in [3.8, 4) is 0 Å². The van der Waals surface area contributed by atoms with Crippen LogP contribution >= 0.6 is 0 Å². The maximum absolute atomic E-state index is 9.85. The lowest BCUT2D eigenvalue weighted by Gasteiger charge is -2.24. The summed E-state index contributed by atoms with van der Waals surface area (Å²) in [4.78, 5) is 0. The molecule has 2 aliphatic rings. The summed E-state index contributed by atoms with van der Waals surface area (Å²) in [6.07, 6.45) is 1.15. The Balaban J connectivity index is 1.93. The van der Waals surface area contributed by atoms with Crippen molar-refractivity contribution in [3.05, 3.63) is 0 Å². The van der Waals surface area contributed by atoms with Gasteiger partial charge in [-0.15, -0.1) is 0 Å². The molecule has 15 heavy (non-hydrogen) atoms. The first-order valence-corrected chi connectivity index (χ1v) is 5.81. The number of rotatable bonds is 3. The van der Waals surface area contributed by atoms with Gasteiger partial charge >= 0.3 is 0 Å². The Morgan fingerprint density at radius 1 is 1.07 bits per heavy atom. The van der Waals surface area contributed by atoms with E-state index < -0.39 is 6.10 Å². The number of aliphatic hydroxyl groups excluding tert-OH is 2. The lowest BCUT2D eigenvalue weighted by molar-refractivity contribution is -0.0722. The first-order chi connectivity index (χ1) is 7.22. The molecule has 2 rings (SSSR count). The molecule has 4 atom stereocenters. The Bertz CT molecular complexity index is 203. The molecule has 1 saturated carbocycles. The van der Waals surface area contributed by atoms with Crippen LogP contribution in [0.1, 0.15) is 26.2 Å². The van der Waals surface area contributed by atoms with Gasteiger partial charge in [-0.1, -0.05) is 13.3 Å². The van der Waals surface area contributed by atoms with Gasteiger partial charge in [-0.25, -0.2) is 0 Å². The second-order valence-corrected chi connectivity index (χ2v) is 4.51. The molecule has 0 radical (unpaired) electrons. The van der Waals surface area contributed by atoms with Crippen molar-refractivity contribution >= 4 is 0 Å². The van der Waals surface area contributed by atoms with Crippen LogP contribution in [-0.2, 0) is 9.47 Å². The molecule has 4 nitrogen and oxygen atoms in total. The SMILES string of the molecule is CC[C@@H]1[C@@H](CC2OCCO2)[C@@H](O)C[C@H]1O. The molecule has 88 valence electrons. The smallest absolute Gasteiger partial charge is 0.158 e. The fraction of sp³-hybridized carbons (Fsp3) is 1.00. The Kier molecular flexibility index (Phi) is 3.61.